The van der Waals surface area contributed by atoms with E-state index in [0.29, 0.717) is 0 Å². The number of aromatic nitrogens is 3. The summed E-state index contributed by atoms with van der Waals surface area (Å²) >= 11 is 0. The van der Waals surface area contributed by atoms with Crippen LogP contribution in [-0.2, 0) is 0 Å². The van der Waals surface area contributed by atoms with Crippen molar-refractivity contribution in [1.82, 2.24) is 15.4 Å². The molecule has 0 aromatic carbocycles. The van der Waals surface area contributed by atoms with E-state index in [2.05, 4.69) is 28.9 Å². The minimum Gasteiger partial charge on any atom is -0.322 e. The van der Waals surface area contributed by atoms with E-state index in [0.717, 1.165) is 24.1 Å². The van der Waals surface area contributed by atoms with Crippen LogP contribution < -0.4 is 5.73 Å². The Hall–Kier alpha value is -1.16. The topological polar surface area (TPSA) is 67.6 Å². The van der Waals surface area contributed by atoms with Crippen LogP contribution in [0.1, 0.15) is 31.5 Å². The fraction of sp³-hybridized carbons (Fsp3) is 0.500. The first-order chi connectivity index (χ1) is 5.74. The summed E-state index contributed by atoms with van der Waals surface area (Å²) in [5.74, 6) is 0. The van der Waals surface area contributed by atoms with Crippen molar-refractivity contribution in [2.45, 2.75) is 25.8 Å². The highest BCUT2D eigenvalue weighted by Crippen LogP contribution is 2.15. The van der Waals surface area contributed by atoms with Gasteiger partial charge in [-0.2, -0.15) is 15.4 Å². The lowest BCUT2D eigenvalue weighted by Gasteiger charge is -2.08. The molecule has 0 bridgehead atoms. The van der Waals surface area contributed by atoms with Crippen LogP contribution in [0.3, 0.4) is 0 Å². The van der Waals surface area contributed by atoms with E-state index in [9.17, 15) is 0 Å². The SMILES string of the molecule is C=C(CC)CC(N)c1cn[nH]n1. The number of hydrogen-bond acceptors (Lipinski definition) is 3. The molecule has 1 aromatic heterocycles. The van der Waals surface area contributed by atoms with Crippen LogP contribution in [0.2, 0.25) is 0 Å². The minimum atomic E-state index is -0.0730. The zero-order chi connectivity index (χ0) is 8.97. The number of aromatic amines is 1. The maximum absolute atomic E-state index is 5.83. The molecule has 0 aliphatic rings. The van der Waals surface area contributed by atoms with Crippen molar-refractivity contribution in [3.8, 4) is 0 Å². The highest BCUT2D eigenvalue weighted by molar-refractivity contribution is 5.05. The third kappa shape index (κ3) is 2.17. The van der Waals surface area contributed by atoms with Crippen LogP contribution in [-0.4, -0.2) is 15.4 Å². The molecule has 12 heavy (non-hydrogen) atoms. The van der Waals surface area contributed by atoms with Crippen LogP contribution in [0.15, 0.2) is 18.3 Å². The Morgan fingerprint density at radius 1 is 1.83 bits per heavy atom. The summed E-state index contributed by atoms with van der Waals surface area (Å²) in [7, 11) is 0. The van der Waals surface area contributed by atoms with E-state index in [-0.39, 0.29) is 6.04 Å². The number of nitrogens with two attached hydrogens (primary N) is 1. The molecular weight excluding hydrogens is 152 g/mol. The third-order valence-electron chi connectivity index (χ3n) is 1.82. The maximum Gasteiger partial charge on any atom is 0.0994 e. The Labute approximate surface area is 71.9 Å². The highest BCUT2D eigenvalue weighted by Gasteiger charge is 2.08. The quantitative estimate of drug-likeness (QED) is 0.659. The summed E-state index contributed by atoms with van der Waals surface area (Å²) in [5.41, 5.74) is 7.77. The Kier molecular flexibility index (Phi) is 2.99. The summed E-state index contributed by atoms with van der Waals surface area (Å²) in [6, 6.07) is -0.0730. The van der Waals surface area contributed by atoms with Crippen molar-refractivity contribution in [2.75, 3.05) is 0 Å². The molecule has 4 nitrogen and oxygen atoms in total. The van der Waals surface area contributed by atoms with Gasteiger partial charge in [0.1, 0.15) is 0 Å². The van der Waals surface area contributed by atoms with Crippen LogP contribution in [0.4, 0.5) is 0 Å². The molecule has 66 valence electrons. The molecule has 0 aliphatic carbocycles. The van der Waals surface area contributed by atoms with Gasteiger partial charge in [0.25, 0.3) is 0 Å². The van der Waals surface area contributed by atoms with Crippen molar-refractivity contribution in [1.29, 1.82) is 0 Å². The monoisotopic (exact) mass is 166 g/mol. The lowest BCUT2D eigenvalue weighted by molar-refractivity contribution is 0.675. The molecule has 1 aromatic rings. The van der Waals surface area contributed by atoms with Crippen LogP contribution in [0.5, 0.6) is 0 Å². The molecule has 4 heteroatoms. The molecule has 1 atom stereocenters. The van der Waals surface area contributed by atoms with Gasteiger partial charge in [0.15, 0.2) is 0 Å². The molecule has 0 spiro atoms. The smallest absolute Gasteiger partial charge is 0.0994 e. The number of rotatable bonds is 4. The number of hydrogen-bond donors (Lipinski definition) is 2. The van der Waals surface area contributed by atoms with Gasteiger partial charge in [0.2, 0.25) is 0 Å². The van der Waals surface area contributed by atoms with Crippen LogP contribution >= 0.6 is 0 Å². The molecule has 3 N–H and O–H groups in total. The molecule has 1 heterocycles. The Morgan fingerprint density at radius 3 is 3.08 bits per heavy atom. The first-order valence-corrected chi connectivity index (χ1v) is 4.02. The predicted molar refractivity (Wildman–Crippen MR) is 47.4 cm³/mol. The predicted octanol–water partition coefficient (Wildman–Crippen LogP) is 1.16. The Bertz CT molecular complexity index is 240. The average molecular weight is 166 g/mol. The standard InChI is InChI=1S/C8H14N4/c1-3-6(2)4-7(9)8-5-10-12-11-8/h5,7H,2-4,9H2,1H3,(H,10,11,12). The second-order valence-corrected chi connectivity index (χ2v) is 2.81. The first kappa shape index (κ1) is 8.93. The average Bonchev–Trinajstić information content (AvgIpc) is 2.56. The van der Waals surface area contributed by atoms with Crippen molar-refractivity contribution in [3.63, 3.8) is 0 Å². The van der Waals surface area contributed by atoms with Gasteiger partial charge in [-0.05, 0) is 12.8 Å². The fourth-order valence-electron chi connectivity index (χ4n) is 0.949. The van der Waals surface area contributed by atoms with Gasteiger partial charge >= 0.3 is 0 Å². The number of H-pyrrole nitrogens is 1. The van der Waals surface area contributed by atoms with Gasteiger partial charge in [0, 0.05) is 0 Å². The molecule has 1 rings (SSSR count). The van der Waals surface area contributed by atoms with Gasteiger partial charge in [-0.1, -0.05) is 19.1 Å². The molecule has 0 saturated carbocycles. The summed E-state index contributed by atoms with van der Waals surface area (Å²) in [6.07, 6.45) is 3.39. The first-order valence-electron chi connectivity index (χ1n) is 4.02. The zero-order valence-electron chi connectivity index (χ0n) is 7.25. The van der Waals surface area contributed by atoms with Gasteiger partial charge < -0.3 is 5.73 Å². The van der Waals surface area contributed by atoms with Crippen molar-refractivity contribution in [3.05, 3.63) is 24.0 Å². The Balaban J connectivity index is 2.49. The third-order valence-corrected chi connectivity index (χ3v) is 1.82. The molecule has 1 unspecified atom stereocenters. The lowest BCUT2D eigenvalue weighted by Crippen LogP contribution is -2.11. The molecule has 0 fully saturated rings. The van der Waals surface area contributed by atoms with E-state index < -0.39 is 0 Å². The normalized spacial score (nSPS) is 12.8. The second kappa shape index (κ2) is 4.01. The van der Waals surface area contributed by atoms with E-state index in [1.807, 2.05) is 0 Å². The molecule has 0 amide bonds. The zero-order valence-corrected chi connectivity index (χ0v) is 7.25. The van der Waals surface area contributed by atoms with Crippen LogP contribution in [0, 0.1) is 0 Å². The van der Waals surface area contributed by atoms with E-state index >= 15 is 0 Å². The van der Waals surface area contributed by atoms with Crippen molar-refractivity contribution in [2.24, 2.45) is 5.73 Å². The van der Waals surface area contributed by atoms with E-state index in [1.54, 1.807) is 6.20 Å². The Morgan fingerprint density at radius 2 is 2.58 bits per heavy atom. The van der Waals surface area contributed by atoms with E-state index in [4.69, 9.17) is 5.73 Å². The van der Waals surface area contributed by atoms with Crippen molar-refractivity contribution >= 4 is 0 Å². The second-order valence-electron chi connectivity index (χ2n) is 2.81. The van der Waals surface area contributed by atoms with Gasteiger partial charge in [-0.3, -0.25) is 0 Å². The summed E-state index contributed by atoms with van der Waals surface area (Å²) < 4.78 is 0. The molecule has 0 saturated heterocycles. The van der Waals surface area contributed by atoms with Crippen LogP contribution in [0.25, 0.3) is 0 Å². The summed E-state index contributed by atoms with van der Waals surface area (Å²) in [5, 5.41) is 10.1. The van der Waals surface area contributed by atoms with E-state index in [1.165, 1.54) is 0 Å². The minimum absolute atomic E-state index is 0.0730. The fourth-order valence-corrected chi connectivity index (χ4v) is 0.949. The molecule has 0 radical (unpaired) electrons. The summed E-state index contributed by atoms with van der Waals surface area (Å²) in [6.45, 7) is 5.95. The van der Waals surface area contributed by atoms with Gasteiger partial charge in [0.05, 0.1) is 17.9 Å². The number of nitrogens with zero attached hydrogens (tertiary/aromatic N) is 2. The van der Waals surface area contributed by atoms with Gasteiger partial charge in [-0.15, -0.1) is 0 Å². The highest BCUT2D eigenvalue weighted by atomic mass is 15.3. The largest absolute Gasteiger partial charge is 0.322 e. The number of nitrogens with one attached hydrogen (secondary N) is 1. The van der Waals surface area contributed by atoms with Gasteiger partial charge in [-0.25, -0.2) is 0 Å². The maximum atomic E-state index is 5.83. The lowest BCUT2D eigenvalue weighted by atomic mass is 10.0. The molecular formula is C8H14N4. The summed E-state index contributed by atoms with van der Waals surface area (Å²) in [4.78, 5) is 0. The van der Waals surface area contributed by atoms with Crippen molar-refractivity contribution < 1.29 is 0 Å². The molecule has 0 aliphatic heterocycles.